The Balaban J connectivity index is 1.24. The fraction of sp³-hybridized carbons (Fsp3) is 0.364. The molecule has 0 bridgehead atoms. The molecule has 0 aliphatic carbocycles. The highest BCUT2D eigenvalue weighted by atomic mass is 16.7. The largest absolute Gasteiger partial charge is 0.454 e. The lowest BCUT2D eigenvalue weighted by molar-refractivity contribution is -1.03. The molecule has 5 rings (SSSR count). The molecule has 150 valence electrons. The van der Waals surface area contributed by atoms with Gasteiger partial charge in [0.15, 0.2) is 17.3 Å². The molecule has 1 atom stereocenters. The van der Waals surface area contributed by atoms with Crippen LogP contribution >= 0.6 is 0 Å². The van der Waals surface area contributed by atoms with Crippen LogP contribution in [0.2, 0.25) is 0 Å². The van der Waals surface area contributed by atoms with Gasteiger partial charge in [-0.05, 0) is 37.3 Å². The summed E-state index contributed by atoms with van der Waals surface area (Å²) in [6.07, 6.45) is 0. The normalized spacial score (nSPS) is 22.0. The Bertz CT molecular complexity index is 1090. The van der Waals surface area contributed by atoms with Crippen LogP contribution in [0.25, 0.3) is 10.9 Å². The van der Waals surface area contributed by atoms with Crippen LogP contribution in [0.5, 0.6) is 11.5 Å². The molecule has 1 saturated heterocycles. The van der Waals surface area contributed by atoms with Crippen molar-refractivity contribution in [3.05, 3.63) is 64.2 Å². The highest BCUT2D eigenvalue weighted by Crippen LogP contribution is 2.32. The summed E-state index contributed by atoms with van der Waals surface area (Å²) >= 11 is 0. The van der Waals surface area contributed by atoms with Crippen molar-refractivity contribution in [3.63, 3.8) is 0 Å². The number of rotatable bonds is 4. The Morgan fingerprint density at radius 1 is 1.07 bits per heavy atom. The van der Waals surface area contributed by atoms with E-state index in [9.17, 15) is 4.79 Å². The zero-order valence-electron chi connectivity index (χ0n) is 16.5. The van der Waals surface area contributed by atoms with Gasteiger partial charge in [0.2, 0.25) is 6.79 Å². The average molecular weight is 394 g/mol. The van der Waals surface area contributed by atoms with Gasteiger partial charge in [0.25, 0.3) is 5.56 Å². The first-order valence-electron chi connectivity index (χ1n) is 10.2. The molecule has 0 saturated carbocycles. The summed E-state index contributed by atoms with van der Waals surface area (Å²) < 4.78 is 10.9. The van der Waals surface area contributed by atoms with Crippen molar-refractivity contribution in [1.29, 1.82) is 0 Å². The highest BCUT2D eigenvalue weighted by Gasteiger charge is 2.29. The number of hydrogen-bond acceptors (Lipinski definition) is 4. The monoisotopic (exact) mass is 394 g/mol. The first-order chi connectivity index (χ1) is 14.2. The number of ether oxygens (including phenoxy) is 2. The average Bonchev–Trinajstić information content (AvgIpc) is 3.22. The maximum atomic E-state index is 12.4. The van der Waals surface area contributed by atoms with E-state index in [1.807, 2.05) is 30.3 Å². The van der Waals surface area contributed by atoms with Crippen LogP contribution in [0.4, 0.5) is 0 Å². The molecule has 2 aromatic carbocycles. The van der Waals surface area contributed by atoms with Gasteiger partial charge >= 0.3 is 0 Å². The quantitative estimate of drug-likeness (QED) is 0.568. The Morgan fingerprint density at radius 3 is 2.72 bits per heavy atom. The second kappa shape index (κ2) is 7.50. The predicted octanol–water partition coefficient (Wildman–Crippen LogP) is -0.304. The van der Waals surface area contributed by atoms with Crippen LogP contribution in [-0.4, -0.2) is 42.9 Å². The second-order valence-electron chi connectivity index (χ2n) is 7.96. The van der Waals surface area contributed by atoms with E-state index < -0.39 is 0 Å². The summed E-state index contributed by atoms with van der Waals surface area (Å²) in [7, 11) is 0. The van der Waals surface area contributed by atoms with Crippen LogP contribution in [-0.2, 0) is 6.54 Å². The predicted molar refractivity (Wildman–Crippen MR) is 108 cm³/mol. The number of quaternary nitrogens is 2. The number of benzene rings is 2. The lowest BCUT2D eigenvalue weighted by atomic mass is 10.1. The van der Waals surface area contributed by atoms with Crippen molar-refractivity contribution in [2.45, 2.75) is 19.5 Å². The van der Waals surface area contributed by atoms with E-state index in [4.69, 9.17) is 14.5 Å². The molecule has 3 heterocycles. The molecular formula is C22H26N4O3+2. The first-order valence-corrected chi connectivity index (χ1v) is 10.2. The molecule has 3 N–H and O–H groups in total. The maximum absolute atomic E-state index is 12.4. The number of nitrogens with one attached hydrogen (secondary N) is 3. The number of aromatic amines is 1. The highest BCUT2D eigenvalue weighted by molar-refractivity contribution is 5.77. The Hall–Kier alpha value is -2.90. The zero-order chi connectivity index (χ0) is 19.8. The minimum absolute atomic E-state index is 0.0519. The van der Waals surface area contributed by atoms with E-state index in [-0.39, 0.29) is 11.6 Å². The van der Waals surface area contributed by atoms with Gasteiger partial charge in [-0.2, -0.15) is 0 Å². The van der Waals surface area contributed by atoms with Crippen molar-refractivity contribution in [1.82, 2.24) is 9.97 Å². The SMILES string of the molecule is C[C@@H](c1nc2ccccc2c(=O)[nH]1)[NH+]1CC[NH+](Cc2ccc3c(c2)OCO3)CC1. The standard InChI is InChI=1S/C22H24N4O3/c1-15(21-23-18-5-3-2-4-17(18)22(27)24-21)26-10-8-25(9-11-26)13-16-6-7-19-20(12-16)29-14-28-19/h2-7,12,15H,8-11,13-14H2,1H3,(H,23,24,27)/p+2/t15-/m0/s1. The molecule has 29 heavy (non-hydrogen) atoms. The smallest absolute Gasteiger partial charge is 0.258 e. The number of fused-ring (bicyclic) bond motifs is 2. The van der Waals surface area contributed by atoms with Gasteiger partial charge in [-0.3, -0.25) is 4.79 Å². The summed E-state index contributed by atoms with van der Waals surface area (Å²) in [4.78, 5) is 23.2. The van der Waals surface area contributed by atoms with E-state index in [2.05, 4.69) is 24.0 Å². The minimum Gasteiger partial charge on any atom is -0.454 e. The Kier molecular flexibility index (Phi) is 4.69. The molecule has 1 aromatic heterocycles. The van der Waals surface area contributed by atoms with Crippen molar-refractivity contribution >= 4 is 10.9 Å². The molecule has 0 amide bonds. The van der Waals surface area contributed by atoms with Crippen molar-refractivity contribution in [2.24, 2.45) is 0 Å². The molecule has 2 aliphatic heterocycles. The van der Waals surface area contributed by atoms with Crippen LogP contribution in [0.15, 0.2) is 47.3 Å². The van der Waals surface area contributed by atoms with Crippen molar-refractivity contribution in [3.8, 4) is 11.5 Å². The number of hydrogen-bond donors (Lipinski definition) is 3. The Morgan fingerprint density at radius 2 is 1.86 bits per heavy atom. The third-order valence-electron chi connectivity index (χ3n) is 6.14. The molecule has 0 unspecified atom stereocenters. The minimum atomic E-state index is -0.0519. The molecule has 3 aromatic rings. The Labute approximate surface area is 168 Å². The topological polar surface area (TPSA) is 73.1 Å². The number of aromatic nitrogens is 2. The summed E-state index contributed by atoms with van der Waals surface area (Å²) in [6, 6.07) is 13.9. The van der Waals surface area contributed by atoms with Gasteiger partial charge in [-0.1, -0.05) is 12.1 Å². The van der Waals surface area contributed by atoms with Crippen molar-refractivity contribution in [2.75, 3.05) is 33.0 Å². The summed E-state index contributed by atoms with van der Waals surface area (Å²) in [6.45, 7) is 7.75. The fourth-order valence-corrected chi connectivity index (χ4v) is 4.38. The number of nitrogens with zero attached hydrogens (tertiary/aromatic N) is 1. The molecule has 7 nitrogen and oxygen atoms in total. The van der Waals surface area contributed by atoms with Gasteiger partial charge in [-0.15, -0.1) is 0 Å². The molecule has 0 radical (unpaired) electrons. The summed E-state index contributed by atoms with van der Waals surface area (Å²) in [5.74, 6) is 2.47. The summed E-state index contributed by atoms with van der Waals surface area (Å²) in [5, 5.41) is 0.649. The third-order valence-corrected chi connectivity index (χ3v) is 6.14. The van der Waals surface area contributed by atoms with E-state index >= 15 is 0 Å². The molecule has 0 spiro atoms. The third kappa shape index (κ3) is 3.59. The lowest BCUT2D eigenvalue weighted by Gasteiger charge is -2.32. The maximum Gasteiger partial charge on any atom is 0.258 e. The molecule has 1 fully saturated rings. The van der Waals surface area contributed by atoms with Gasteiger partial charge in [0, 0.05) is 5.56 Å². The van der Waals surface area contributed by atoms with E-state index in [0.717, 1.165) is 55.6 Å². The van der Waals surface area contributed by atoms with Gasteiger partial charge < -0.3 is 24.3 Å². The molecular weight excluding hydrogens is 368 g/mol. The molecule has 2 aliphatic rings. The van der Waals surface area contributed by atoms with Gasteiger partial charge in [-0.25, -0.2) is 4.98 Å². The number of piperazine rings is 1. The van der Waals surface area contributed by atoms with Crippen LogP contribution in [0.3, 0.4) is 0 Å². The first kappa shape index (κ1) is 18.1. The second-order valence-corrected chi connectivity index (χ2v) is 7.96. The van der Waals surface area contributed by atoms with E-state index in [1.54, 1.807) is 4.90 Å². The fourth-order valence-electron chi connectivity index (χ4n) is 4.38. The van der Waals surface area contributed by atoms with Gasteiger partial charge in [0.05, 0.1) is 10.9 Å². The number of H-pyrrole nitrogens is 1. The lowest BCUT2D eigenvalue weighted by Crippen LogP contribution is -3.27. The van der Waals surface area contributed by atoms with Crippen molar-refractivity contribution < 1.29 is 19.3 Å². The summed E-state index contributed by atoms with van der Waals surface area (Å²) in [5.41, 5.74) is 2.00. The van der Waals surface area contributed by atoms with Gasteiger partial charge in [0.1, 0.15) is 38.8 Å². The van der Waals surface area contributed by atoms with Crippen LogP contribution in [0, 0.1) is 0 Å². The zero-order valence-corrected chi connectivity index (χ0v) is 16.5. The number of para-hydroxylation sites is 1. The van der Waals surface area contributed by atoms with Crippen LogP contribution < -0.4 is 24.8 Å². The molecule has 7 heteroatoms. The van der Waals surface area contributed by atoms with E-state index in [1.165, 1.54) is 10.5 Å². The van der Waals surface area contributed by atoms with E-state index in [0.29, 0.717) is 12.2 Å². The van der Waals surface area contributed by atoms with Crippen LogP contribution in [0.1, 0.15) is 24.4 Å².